The van der Waals surface area contributed by atoms with Crippen LogP contribution in [0, 0.1) is 13.8 Å². The SMILES string of the molecule is Cc1cc2nc(-c3ccc(CN)cc3)oc2cc1C. The van der Waals surface area contributed by atoms with Crippen molar-refractivity contribution < 1.29 is 4.42 Å². The molecular weight excluding hydrogens is 236 g/mol. The van der Waals surface area contributed by atoms with Gasteiger partial charge in [0.1, 0.15) is 5.52 Å². The van der Waals surface area contributed by atoms with Crippen molar-refractivity contribution in [2.45, 2.75) is 20.4 Å². The second kappa shape index (κ2) is 4.52. The van der Waals surface area contributed by atoms with Crippen LogP contribution in [-0.4, -0.2) is 4.98 Å². The van der Waals surface area contributed by atoms with Gasteiger partial charge in [-0.15, -0.1) is 0 Å². The fourth-order valence-electron chi connectivity index (χ4n) is 2.09. The van der Waals surface area contributed by atoms with Gasteiger partial charge in [-0.2, -0.15) is 0 Å². The zero-order valence-electron chi connectivity index (χ0n) is 11.1. The topological polar surface area (TPSA) is 52.0 Å². The van der Waals surface area contributed by atoms with E-state index in [-0.39, 0.29) is 0 Å². The van der Waals surface area contributed by atoms with Crippen LogP contribution in [0.1, 0.15) is 16.7 Å². The van der Waals surface area contributed by atoms with Crippen molar-refractivity contribution in [1.29, 1.82) is 0 Å². The minimum absolute atomic E-state index is 0.548. The fraction of sp³-hybridized carbons (Fsp3) is 0.188. The third-order valence-electron chi connectivity index (χ3n) is 3.44. The zero-order valence-corrected chi connectivity index (χ0v) is 11.1. The highest BCUT2D eigenvalue weighted by Crippen LogP contribution is 2.26. The van der Waals surface area contributed by atoms with Gasteiger partial charge in [0.15, 0.2) is 5.58 Å². The van der Waals surface area contributed by atoms with Crippen LogP contribution in [0.4, 0.5) is 0 Å². The lowest BCUT2D eigenvalue weighted by Gasteiger charge is -1.97. The van der Waals surface area contributed by atoms with E-state index in [1.165, 1.54) is 11.1 Å². The van der Waals surface area contributed by atoms with Crippen LogP contribution in [-0.2, 0) is 6.54 Å². The molecule has 0 spiro atoms. The summed E-state index contributed by atoms with van der Waals surface area (Å²) in [4.78, 5) is 4.54. The highest BCUT2D eigenvalue weighted by Gasteiger charge is 2.09. The van der Waals surface area contributed by atoms with Crippen molar-refractivity contribution in [3.05, 3.63) is 53.1 Å². The molecule has 0 aliphatic rings. The van der Waals surface area contributed by atoms with E-state index < -0.39 is 0 Å². The Kier molecular flexibility index (Phi) is 2.84. The van der Waals surface area contributed by atoms with E-state index in [4.69, 9.17) is 10.2 Å². The molecule has 2 N–H and O–H groups in total. The maximum atomic E-state index is 5.82. The van der Waals surface area contributed by atoms with E-state index in [1.807, 2.05) is 30.3 Å². The van der Waals surface area contributed by atoms with Gasteiger partial charge in [0.25, 0.3) is 0 Å². The number of aromatic nitrogens is 1. The largest absolute Gasteiger partial charge is 0.436 e. The molecule has 0 atom stereocenters. The Labute approximate surface area is 112 Å². The summed E-state index contributed by atoms with van der Waals surface area (Å²) in [6, 6.07) is 12.1. The number of nitrogens with two attached hydrogens (primary N) is 1. The van der Waals surface area contributed by atoms with Crippen LogP contribution in [0.15, 0.2) is 40.8 Å². The van der Waals surface area contributed by atoms with Crippen molar-refractivity contribution in [1.82, 2.24) is 4.98 Å². The molecule has 3 rings (SSSR count). The lowest BCUT2D eigenvalue weighted by atomic mass is 10.1. The van der Waals surface area contributed by atoms with E-state index >= 15 is 0 Å². The summed E-state index contributed by atoms with van der Waals surface area (Å²) < 4.78 is 5.82. The van der Waals surface area contributed by atoms with E-state index in [0.29, 0.717) is 12.4 Å². The number of oxazole rings is 1. The molecular formula is C16H16N2O. The number of aryl methyl sites for hydroxylation is 2. The van der Waals surface area contributed by atoms with Gasteiger partial charge in [0.2, 0.25) is 5.89 Å². The molecule has 0 aliphatic carbocycles. The summed E-state index contributed by atoms with van der Waals surface area (Å²) in [6.07, 6.45) is 0. The van der Waals surface area contributed by atoms with E-state index in [0.717, 1.165) is 22.2 Å². The second-order valence-electron chi connectivity index (χ2n) is 4.82. The first kappa shape index (κ1) is 11.9. The smallest absolute Gasteiger partial charge is 0.227 e. The summed E-state index contributed by atoms with van der Waals surface area (Å²) in [7, 11) is 0. The predicted molar refractivity (Wildman–Crippen MR) is 76.8 cm³/mol. The lowest BCUT2D eigenvalue weighted by molar-refractivity contribution is 0.619. The molecule has 96 valence electrons. The van der Waals surface area contributed by atoms with Crippen molar-refractivity contribution in [2.75, 3.05) is 0 Å². The quantitative estimate of drug-likeness (QED) is 0.758. The highest BCUT2D eigenvalue weighted by molar-refractivity contribution is 5.78. The van der Waals surface area contributed by atoms with Crippen molar-refractivity contribution in [2.24, 2.45) is 5.73 Å². The first-order valence-corrected chi connectivity index (χ1v) is 6.34. The van der Waals surface area contributed by atoms with Gasteiger partial charge >= 0.3 is 0 Å². The molecule has 3 nitrogen and oxygen atoms in total. The van der Waals surface area contributed by atoms with Gasteiger partial charge in [-0.25, -0.2) is 4.98 Å². The third-order valence-corrected chi connectivity index (χ3v) is 3.44. The van der Waals surface area contributed by atoms with E-state index in [9.17, 15) is 0 Å². The molecule has 0 unspecified atom stereocenters. The van der Waals surface area contributed by atoms with Crippen LogP contribution in [0.5, 0.6) is 0 Å². The van der Waals surface area contributed by atoms with Gasteiger partial charge in [-0.3, -0.25) is 0 Å². The lowest BCUT2D eigenvalue weighted by Crippen LogP contribution is -1.95. The van der Waals surface area contributed by atoms with Crippen LogP contribution in [0.25, 0.3) is 22.6 Å². The summed E-state index contributed by atoms with van der Waals surface area (Å²) in [5, 5.41) is 0. The first-order valence-electron chi connectivity index (χ1n) is 6.34. The second-order valence-corrected chi connectivity index (χ2v) is 4.82. The van der Waals surface area contributed by atoms with Gasteiger partial charge in [-0.1, -0.05) is 12.1 Å². The molecule has 0 amide bonds. The fourth-order valence-corrected chi connectivity index (χ4v) is 2.09. The molecule has 0 fully saturated rings. The molecule has 0 aliphatic heterocycles. The Hall–Kier alpha value is -2.13. The molecule has 19 heavy (non-hydrogen) atoms. The van der Waals surface area contributed by atoms with Gasteiger partial charge < -0.3 is 10.2 Å². The molecule has 0 bridgehead atoms. The molecule has 1 aromatic heterocycles. The van der Waals surface area contributed by atoms with Crippen LogP contribution in [0.2, 0.25) is 0 Å². The minimum Gasteiger partial charge on any atom is -0.436 e. The van der Waals surface area contributed by atoms with Gasteiger partial charge in [0.05, 0.1) is 0 Å². The molecule has 2 aromatic carbocycles. The van der Waals surface area contributed by atoms with Gasteiger partial charge in [0, 0.05) is 12.1 Å². The summed E-state index contributed by atoms with van der Waals surface area (Å²) >= 11 is 0. The Morgan fingerprint density at radius 3 is 2.42 bits per heavy atom. The zero-order chi connectivity index (χ0) is 13.4. The van der Waals surface area contributed by atoms with Crippen LogP contribution >= 0.6 is 0 Å². The number of hydrogen-bond donors (Lipinski definition) is 1. The third kappa shape index (κ3) is 2.13. The molecule has 0 saturated carbocycles. The predicted octanol–water partition coefficient (Wildman–Crippen LogP) is 3.57. The normalized spacial score (nSPS) is 11.1. The average Bonchev–Trinajstić information content (AvgIpc) is 2.82. The number of hydrogen-bond acceptors (Lipinski definition) is 3. The Morgan fingerprint density at radius 2 is 1.74 bits per heavy atom. The van der Waals surface area contributed by atoms with E-state index in [1.54, 1.807) is 0 Å². The number of rotatable bonds is 2. The van der Waals surface area contributed by atoms with Crippen LogP contribution in [0.3, 0.4) is 0 Å². The van der Waals surface area contributed by atoms with E-state index in [2.05, 4.69) is 24.9 Å². The molecule has 3 heteroatoms. The molecule has 0 saturated heterocycles. The van der Waals surface area contributed by atoms with Crippen molar-refractivity contribution >= 4 is 11.1 Å². The Bertz CT molecular complexity index is 687. The highest BCUT2D eigenvalue weighted by atomic mass is 16.3. The summed E-state index contributed by atoms with van der Waals surface area (Å²) in [6.45, 7) is 4.71. The standard InChI is InChI=1S/C16H16N2O/c1-10-7-14-15(8-11(10)2)19-16(18-14)13-5-3-12(9-17)4-6-13/h3-8H,9,17H2,1-2H3. The van der Waals surface area contributed by atoms with Gasteiger partial charge in [-0.05, 0) is 54.8 Å². The number of benzene rings is 2. The first-order chi connectivity index (χ1) is 9.17. The average molecular weight is 252 g/mol. The maximum Gasteiger partial charge on any atom is 0.227 e. The Balaban J connectivity index is 2.09. The minimum atomic E-state index is 0.548. The number of nitrogens with zero attached hydrogens (tertiary/aromatic N) is 1. The maximum absolute atomic E-state index is 5.82. The van der Waals surface area contributed by atoms with Crippen molar-refractivity contribution in [3.8, 4) is 11.5 Å². The van der Waals surface area contributed by atoms with Crippen molar-refractivity contribution in [3.63, 3.8) is 0 Å². The summed E-state index contributed by atoms with van der Waals surface area (Å²) in [5.74, 6) is 0.656. The summed E-state index contributed by atoms with van der Waals surface area (Å²) in [5.41, 5.74) is 11.9. The molecule has 1 heterocycles. The number of fused-ring (bicyclic) bond motifs is 1. The monoisotopic (exact) mass is 252 g/mol. The molecule has 3 aromatic rings. The Morgan fingerprint density at radius 1 is 1.05 bits per heavy atom. The van der Waals surface area contributed by atoms with Crippen LogP contribution < -0.4 is 5.73 Å². The molecule has 0 radical (unpaired) electrons.